The number of carbonyl (C=O) groups is 1. The zero-order valence-electron chi connectivity index (χ0n) is 17.0. The first-order chi connectivity index (χ1) is 15.6. The lowest BCUT2D eigenvalue weighted by Gasteiger charge is -2.07. The quantitative estimate of drug-likeness (QED) is 0.340. The maximum atomic E-state index is 13.3. The Balaban J connectivity index is 1.64. The molecule has 0 amide bonds. The summed E-state index contributed by atoms with van der Waals surface area (Å²) < 4.78 is 26.3. The van der Waals surface area contributed by atoms with E-state index in [0.29, 0.717) is 11.1 Å². The van der Waals surface area contributed by atoms with Gasteiger partial charge < -0.3 is 0 Å². The van der Waals surface area contributed by atoms with Crippen LogP contribution in [0.3, 0.4) is 0 Å². The first kappa shape index (κ1) is 21.0. The van der Waals surface area contributed by atoms with Gasteiger partial charge in [0.15, 0.2) is 0 Å². The van der Waals surface area contributed by atoms with Crippen molar-refractivity contribution < 1.29 is 13.6 Å². The van der Waals surface area contributed by atoms with Crippen LogP contribution < -0.4 is 0 Å². The molecule has 0 fully saturated rings. The van der Waals surface area contributed by atoms with Gasteiger partial charge >= 0.3 is 0 Å². The molecule has 0 atom stereocenters. The lowest BCUT2D eigenvalue weighted by Crippen LogP contribution is -2.10. The normalized spacial score (nSPS) is 11.3. The highest BCUT2D eigenvalue weighted by Crippen LogP contribution is 2.19. The van der Waals surface area contributed by atoms with E-state index in [1.165, 1.54) is 24.3 Å². The summed E-state index contributed by atoms with van der Waals surface area (Å²) >= 11 is 0. The predicted molar refractivity (Wildman–Crippen MR) is 123 cm³/mol. The number of ketones is 1. The van der Waals surface area contributed by atoms with Gasteiger partial charge in [0.1, 0.15) is 23.0 Å². The van der Waals surface area contributed by atoms with Gasteiger partial charge in [-0.1, -0.05) is 60.7 Å². The van der Waals surface area contributed by atoms with Crippen molar-refractivity contribution in [3.05, 3.63) is 130 Å². The maximum Gasteiger partial charge on any atom is 0.230 e. The Kier molecular flexibility index (Phi) is 6.37. The monoisotopic (exact) mass is 424 g/mol. The number of benzene rings is 2. The number of pyridine rings is 2. The van der Waals surface area contributed by atoms with Crippen LogP contribution in [0.25, 0.3) is 24.3 Å². The predicted octanol–water partition coefficient (Wildman–Crippen LogP) is 6.33. The summed E-state index contributed by atoms with van der Waals surface area (Å²) in [5.41, 5.74) is 3.38. The van der Waals surface area contributed by atoms with Gasteiger partial charge in [-0.05, 0) is 47.5 Å². The van der Waals surface area contributed by atoms with Crippen molar-refractivity contribution in [1.82, 2.24) is 9.97 Å². The number of halogens is 2. The van der Waals surface area contributed by atoms with Crippen LogP contribution in [0, 0.1) is 11.6 Å². The Morgan fingerprint density at radius 1 is 0.594 bits per heavy atom. The molecule has 0 aliphatic heterocycles. The van der Waals surface area contributed by atoms with E-state index in [-0.39, 0.29) is 28.8 Å². The molecule has 0 saturated heterocycles. The molecular weight excluding hydrogens is 406 g/mol. The number of hydrogen-bond acceptors (Lipinski definition) is 3. The molecule has 4 rings (SSSR count). The second-order valence-corrected chi connectivity index (χ2v) is 6.98. The smallest absolute Gasteiger partial charge is 0.230 e. The molecule has 2 aromatic carbocycles. The van der Waals surface area contributed by atoms with Crippen molar-refractivity contribution in [3.8, 4) is 0 Å². The molecule has 2 heterocycles. The number of nitrogens with zero attached hydrogens (tertiary/aromatic N) is 2. The summed E-state index contributed by atoms with van der Waals surface area (Å²) in [5.74, 6) is -0.935. The van der Waals surface area contributed by atoms with Crippen molar-refractivity contribution >= 4 is 30.1 Å². The van der Waals surface area contributed by atoms with Crippen LogP contribution in [0.1, 0.15) is 38.4 Å². The molecule has 0 radical (unpaired) electrons. The fourth-order valence-corrected chi connectivity index (χ4v) is 3.12. The summed E-state index contributed by atoms with van der Waals surface area (Å²) in [5, 5.41) is 0. The van der Waals surface area contributed by atoms with E-state index in [1.807, 2.05) is 0 Å². The Labute approximate surface area is 184 Å². The second kappa shape index (κ2) is 9.71. The van der Waals surface area contributed by atoms with Crippen LogP contribution in [0.4, 0.5) is 8.78 Å². The molecule has 3 nitrogen and oxygen atoms in total. The number of hydrogen-bond donors (Lipinski definition) is 0. The second-order valence-electron chi connectivity index (χ2n) is 6.98. The van der Waals surface area contributed by atoms with E-state index in [9.17, 15) is 13.6 Å². The number of aromatic nitrogens is 2. The van der Waals surface area contributed by atoms with Crippen molar-refractivity contribution in [3.63, 3.8) is 0 Å². The molecule has 0 bridgehead atoms. The summed E-state index contributed by atoms with van der Waals surface area (Å²) in [6.07, 6.45) is 10.2. The third-order valence-electron chi connectivity index (χ3n) is 4.76. The van der Waals surface area contributed by atoms with Crippen molar-refractivity contribution in [2.24, 2.45) is 0 Å². The van der Waals surface area contributed by atoms with Gasteiger partial charge in [0, 0.05) is 23.5 Å². The summed E-state index contributed by atoms with van der Waals surface area (Å²) in [6.45, 7) is 0. The molecule has 0 unspecified atom stereocenters. The average Bonchev–Trinajstić information content (AvgIpc) is 2.83. The minimum absolute atomic E-state index is 0.265. The first-order valence-corrected chi connectivity index (χ1v) is 9.92. The van der Waals surface area contributed by atoms with E-state index >= 15 is 0 Å². The van der Waals surface area contributed by atoms with Crippen LogP contribution in [0.2, 0.25) is 0 Å². The maximum absolute atomic E-state index is 13.3. The molecule has 0 aliphatic carbocycles. The van der Waals surface area contributed by atoms with E-state index in [1.54, 1.807) is 85.2 Å². The SMILES string of the molecule is O=C(c1ncccc1C=Cc1ccc(F)cc1)c1ncccc1C=Cc1ccc(F)cc1. The topological polar surface area (TPSA) is 42.9 Å². The summed E-state index contributed by atoms with van der Waals surface area (Å²) in [4.78, 5) is 21.9. The van der Waals surface area contributed by atoms with E-state index in [0.717, 1.165) is 11.1 Å². The summed E-state index contributed by atoms with van der Waals surface area (Å²) in [6, 6.07) is 19.2. The molecule has 5 heteroatoms. The van der Waals surface area contributed by atoms with Gasteiger partial charge in [-0.3, -0.25) is 14.8 Å². The van der Waals surface area contributed by atoms with Gasteiger partial charge in [-0.15, -0.1) is 0 Å². The Bertz CT molecular complexity index is 1190. The number of rotatable bonds is 6. The van der Waals surface area contributed by atoms with Crippen molar-refractivity contribution in [1.29, 1.82) is 0 Å². The Morgan fingerprint density at radius 2 is 1.00 bits per heavy atom. The fourth-order valence-electron chi connectivity index (χ4n) is 3.12. The van der Waals surface area contributed by atoms with Crippen LogP contribution >= 0.6 is 0 Å². The van der Waals surface area contributed by atoms with Gasteiger partial charge in [-0.2, -0.15) is 0 Å². The molecule has 2 aromatic heterocycles. The van der Waals surface area contributed by atoms with Gasteiger partial charge in [0.25, 0.3) is 0 Å². The molecule has 0 aliphatic rings. The van der Waals surface area contributed by atoms with Crippen molar-refractivity contribution in [2.45, 2.75) is 0 Å². The third-order valence-corrected chi connectivity index (χ3v) is 4.76. The summed E-state index contributed by atoms with van der Waals surface area (Å²) in [7, 11) is 0. The highest BCUT2D eigenvalue weighted by atomic mass is 19.1. The van der Waals surface area contributed by atoms with Crippen molar-refractivity contribution in [2.75, 3.05) is 0 Å². The molecule has 32 heavy (non-hydrogen) atoms. The Hall–Kier alpha value is -4.25. The Morgan fingerprint density at radius 3 is 1.41 bits per heavy atom. The number of carbonyl (C=O) groups excluding carboxylic acids is 1. The zero-order chi connectivity index (χ0) is 22.3. The van der Waals surface area contributed by atoms with E-state index in [4.69, 9.17) is 0 Å². The molecule has 0 spiro atoms. The first-order valence-electron chi connectivity index (χ1n) is 9.92. The molecule has 0 saturated carbocycles. The largest absolute Gasteiger partial charge is 0.285 e. The average molecular weight is 424 g/mol. The lowest BCUT2D eigenvalue weighted by atomic mass is 10.0. The fraction of sp³-hybridized carbons (Fsp3) is 0. The third kappa shape index (κ3) is 5.08. The van der Waals surface area contributed by atoms with Crippen LogP contribution in [0.5, 0.6) is 0 Å². The highest BCUT2D eigenvalue weighted by Gasteiger charge is 2.17. The lowest BCUT2D eigenvalue weighted by molar-refractivity contribution is 0.102. The molecule has 156 valence electrons. The van der Waals surface area contributed by atoms with Gasteiger partial charge in [-0.25, -0.2) is 8.78 Å². The minimum Gasteiger partial charge on any atom is -0.285 e. The molecule has 0 N–H and O–H groups in total. The standard InChI is InChI=1S/C27H18F2N2O/c28-23-13-7-19(8-14-23)5-11-21-3-1-17-30-25(21)27(32)26-22(4-2-18-31-26)12-6-20-9-15-24(29)16-10-20/h1-18H. The van der Waals surface area contributed by atoms with Gasteiger partial charge in [0.05, 0.1) is 0 Å². The van der Waals surface area contributed by atoms with Crippen LogP contribution in [0.15, 0.2) is 85.2 Å². The van der Waals surface area contributed by atoms with Crippen LogP contribution in [-0.4, -0.2) is 15.8 Å². The van der Waals surface area contributed by atoms with E-state index < -0.39 is 0 Å². The minimum atomic E-state index is -0.316. The highest BCUT2D eigenvalue weighted by molar-refractivity contribution is 6.10. The van der Waals surface area contributed by atoms with E-state index in [2.05, 4.69) is 9.97 Å². The zero-order valence-corrected chi connectivity index (χ0v) is 17.0. The molecule has 4 aromatic rings. The van der Waals surface area contributed by atoms with Gasteiger partial charge in [0.2, 0.25) is 5.78 Å². The van der Waals surface area contributed by atoms with Crippen LogP contribution in [-0.2, 0) is 0 Å². The molecular formula is C27H18F2N2O.